The summed E-state index contributed by atoms with van der Waals surface area (Å²) in [5.41, 5.74) is 0.258. The number of nitrogens with zero attached hydrogens (tertiary/aromatic N) is 3. The number of likely N-dealkylation sites (N-methyl/N-ethyl adjacent to an activating group) is 1. The quantitative estimate of drug-likeness (QED) is 0.813. The summed E-state index contributed by atoms with van der Waals surface area (Å²) in [6.07, 6.45) is 8.69. The molecule has 1 N–H and O–H groups in total. The maximum absolute atomic E-state index is 12.8. The standard InChI is InChI=1S/C22H28N4O3/c1-16(19-12-6-7-13-23-19)24-21(28)18-11-8-14-26(22(18)29)15-20(27)25(2)17-9-4-3-5-10-17/h6-8,11-14,16-17H,3-5,9-10,15H2,1-2H3,(H,24,28)/t16-/m1/s1. The Bertz CT molecular complexity index is 904. The number of rotatable bonds is 6. The number of nitrogens with one attached hydrogen (secondary N) is 1. The Balaban J connectivity index is 1.69. The second kappa shape index (κ2) is 9.49. The molecule has 0 saturated heterocycles. The van der Waals surface area contributed by atoms with Crippen LogP contribution in [-0.2, 0) is 11.3 Å². The Morgan fingerprint density at radius 1 is 1.21 bits per heavy atom. The Hall–Kier alpha value is -2.96. The fourth-order valence-corrected chi connectivity index (χ4v) is 3.74. The van der Waals surface area contributed by atoms with Crippen LogP contribution in [-0.4, -0.2) is 39.4 Å². The summed E-state index contributed by atoms with van der Waals surface area (Å²) in [5.74, 6) is -0.589. The second-order valence-electron chi connectivity index (χ2n) is 7.60. The molecular formula is C22H28N4O3. The summed E-state index contributed by atoms with van der Waals surface area (Å²) in [5, 5.41) is 2.80. The molecular weight excluding hydrogens is 368 g/mol. The first-order valence-corrected chi connectivity index (χ1v) is 10.1. The molecule has 0 spiro atoms. The first kappa shape index (κ1) is 20.8. The summed E-state index contributed by atoms with van der Waals surface area (Å²) >= 11 is 0. The fraction of sp³-hybridized carbons (Fsp3) is 0.455. The first-order valence-electron chi connectivity index (χ1n) is 10.1. The lowest BCUT2D eigenvalue weighted by Gasteiger charge is -2.31. The lowest BCUT2D eigenvalue weighted by atomic mass is 9.94. The van der Waals surface area contributed by atoms with Gasteiger partial charge in [0, 0.05) is 25.5 Å². The predicted molar refractivity (Wildman–Crippen MR) is 110 cm³/mol. The van der Waals surface area contributed by atoms with Crippen LogP contribution in [0.4, 0.5) is 0 Å². The van der Waals surface area contributed by atoms with Crippen LogP contribution in [0.3, 0.4) is 0 Å². The van der Waals surface area contributed by atoms with E-state index < -0.39 is 11.5 Å². The molecule has 3 rings (SSSR count). The molecule has 1 aliphatic rings. The van der Waals surface area contributed by atoms with Gasteiger partial charge < -0.3 is 14.8 Å². The molecule has 2 amide bonds. The van der Waals surface area contributed by atoms with Gasteiger partial charge in [-0.15, -0.1) is 0 Å². The molecule has 1 fully saturated rings. The van der Waals surface area contributed by atoms with Gasteiger partial charge in [-0.05, 0) is 44.0 Å². The normalized spacial score (nSPS) is 15.5. The minimum atomic E-state index is -0.476. The molecule has 0 aliphatic heterocycles. The Labute approximate surface area is 170 Å². The molecule has 2 aromatic heterocycles. The van der Waals surface area contributed by atoms with Gasteiger partial charge in [0.1, 0.15) is 12.1 Å². The average molecular weight is 396 g/mol. The maximum Gasteiger partial charge on any atom is 0.263 e. The average Bonchev–Trinajstić information content (AvgIpc) is 2.75. The zero-order valence-electron chi connectivity index (χ0n) is 17.0. The number of aromatic nitrogens is 2. The molecule has 2 aromatic rings. The highest BCUT2D eigenvalue weighted by Crippen LogP contribution is 2.21. The molecule has 29 heavy (non-hydrogen) atoms. The zero-order chi connectivity index (χ0) is 20.8. The minimum absolute atomic E-state index is 0.0170. The van der Waals surface area contributed by atoms with Crippen molar-refractivity contribution in [2.24, 2.45) is 0 Å². The number of carbonyl (C=O) groups excluding carboxylic acids is 2. The van der Waals surface area contributed by atoms with Crippen molar-refractivity contribution in [1.29, 1.82) is 0 Å². The number of hydrogen-bond acceptors (Lipinski definition) is 4. The third-order valence-electron chi connectivity index (χ3n) is 5.57. The molecule has 1 aliphatic carbocycles. The van der Waals surface area contributed by atoms with Gasteiger partial charge in [-0.2, -0.15) is 0 Å². The van der Waals surface area contributed by atoms with E-state index in [4.69, 9.17) is 0 Å². The Kier molecular flexibility index (Phi) is 6.80. The van der Waals surface area contributed by atoms with E-state index in [1.54, 1.807) is 36.5 Å². The molecule has 0 radical (unpaired) electrons. The lowest BCUT2D eigenvalue weighted by Crippen LogP contribution is -2.42. The molecule has 1 atom stereocenters. The van der Waals surface area contributed by atoms with Crippen LogP contribution in [0.2, 0.25) is 0 Å². The van der Waals surface area contributed by atoms with Gasteiger partial charge in [-0.3, -0.25) is 19.4 Å². The highest BCUT2D eigenvalue weighted by molar-refractivity contribution is 5.94. The van der Waals surface area contributed by atoms with Gasteiger partial charge in [0.05, 0.1) is 11.7 Å². The molecule has 0 aromatic carbocycles. The van der Waals surface area contributed by atoms with Gasteiger partial charge in [-0.25, -0.2) is 0 Å². The van der Waals surface area contributed by atoms with Crippen molar-refractivity contribution < 1.29 is 9.59 Å². The van der Waals surface area contributed by atoms with Gasteiger partial charge >= 0.3 is 0 Å². The second-order valence-corrected chi connectivity index (χ2v) is 7.60. The zero-order valence-corrected chi connectivity index (χ0v) is 17.0. The monoisotopic (exact) mass is 396 g/mol. The third-order valence-corrected chi connectivity index (χ3v) is 5.57. The van der Waals surface area contributed by atoms with E-state index in [2.05, 4.69) is 10.3 Å². The van der Waals surface area contributed by atoms with Gasteiger partial charge in [0.15, 0.2) is 0 Å². The number of pyridine rings is 2. The van der Waals surface area contributed by atoms with Crippen molar-refractivity contribution in [2.45, 2.75) is 57.7 Å². The number of hydrogen-bond donors (Lipinski definition) is 1. The predicted octanol–water partition coefficient (Wildman–Crippen LogP) is 2.53. The maximum atomic E-state index is 12.8. The Morgan fingerprint density at radius 3 is 2.66 bits per heavy atom. The fourth-order valence-electron chi connectivity index (χ4n) is 3.74. The summed E-state index contributed by atoms with van der Waals surface area (Å²) in [6.45, 7) is 1.74. The van der Waals surface area contributed by atoms with Crippen LogP contribution >= 0.6 is 0 Å². The minimum Gasteiger partial charge on any atom is -0.344 e. The van der Waals surface area contributed by atoms with Crippen molar-refractivity contribution >= 4 is 11.8 Å². The third kappa shape index (κ3) is 5.10. The van der Waals surface area contributed by atoms with E-state index in [9.17, 15) is 14.4 Å². The van der Waals surface area contributed by atoms with Crippen LogP contribution in [0.5, 0.6) is 0 Å². The van der Waals surface area contributed by atoms with Crippen molar-refractivity contribution in [3.63, 3.8) is 0 Å². The Morgan fingerprint density at radius 2 is 1.97 bits per heavy atom. The van der Waals surface area contributed by atoms with Gasteiger partial charge in [0.25, 0.3) is 11.5 Å². The number of amides is 2. The van der Waals surface area contributed by atoms with Gasteiger partial charge in [0.2, 0.25) is 5.91 Å². The topological polar surface area (TPSA) is 84.3 Å². The summed E-state index contributed by atoms with van der Waals surface area (Å²) in [6, 6.07) is 8.45. The molecule has 2 heterocycles. The van der Waals surface area contributed by atoms with Crippen LogP contribution in [0.25, 0.3) is 0 Å². The smallest absolute Gasteiger partial charge is 0.263 e. The summed E-state index contributed by atoms with van der Waals surface area (Å²) in [7, 11) is 1.80. The van der Waals surface area contributed by atoms with E-state index in [0.29, 0.717) is 5.69 Å². The van der Waals surface area contributed by atoms with E-state index >= 15 is 0 Å². The van der Waals surface area contributed by atoms with Crippen molar-refractivity contribution in [3.8, 4) is 0 Å². The molecule has 1 saturated carbocycles. The number of carbonyl (C=O) groups is 2. The first-order chi connectivity index (χ1) is 14.0. The molecule has 154 valence electrons. The highest BCUT2D eigenvalue weighted by atomic mass is 16.2. The highest BCUT2D eigenvalue weighted by Gasteiger charge is 2.23. The van der Waals surface area contributed by atoms with E-state index in [0.717, 1.165) is 25.7 Å². The van der Waals surface area contributed by atoms with Crippen molar-refractivity contribution in [3.05, 3.63) is 64.3 Å². The van der Waals surface area contributed by atoms with Crippen molar-refractivity contribution in [2.75, 3.05) is 7.05 Å². The van der Waals surface area contributed by atoms with Crippen LogP contribution < -0.4 is 10.9 Å². The molecule has 0 unspecified atom stereocenters. The lowest BCUT2D eigenvalue weighted by molar-refractivity contribution is -0.133. The summed E-state index contributed by atoms with van der Waals surface area (Å²) < 4.78 is 1.31. The van der Waals surface area contributed by atoms with Crippen molar-refractivity contribution in [1.82, 2.24) is 19.8 Å². The largest absolute Gasteiger partial charge is 0.344 e. The molecule has 7 heteroatoms. The molecule has 0 bridgehead atoms. The van der Waals surface area contributed by atoms with Crippen LogP contribution in [0, 0.1) is 0 Å². The van der Waals surface area contributed by atoms with Crippen LogP contribution in [0.1, 0.15) is 61.1 Å². The van der Waals surface area contributed by atoms with Gasteiger partial charge in [-0.1, -0.05) is 25.3 Å². The van der Waals surface area contributed by atoms with E-state index in [1.165, 1.54) is 17.1 Å². The summed E-state index contributed by atoms with van der Waals surface area (Å²) in [4.78, 5) is 44.0. The molecule has 7 nitrogen and oxygen atoms in total. The van der Waals surface area contributed by atoms with Crippen LogP contribution in [0.15, 0.2) is 47.5 Å². The van der Waals surface area contributed by atoms with E-state index in [-0.39, 0.29) is 30.1 Å². The van der Waals surface area contributed by atoms with E-state index in [1.807, 2.05) is 19.1 Å². The SMILES string of the molecule is C[C@@H](NC(=O)c1cccn(CC(=O)N(C)C2CCCCC2)c1=O)c1ccccn1.